The van der Waals surface area contributed by atoms with E-state index in [0.717, 1.165) is 43.7 Å². The van der Waals surface area contributed by atoms with E-state index in [1.54, 1.807) is 6.07 Å². The third kappa shape index (κ3) is 2.42. The van der Waals surface area contributed by atoms with E-state index in [9.17, 15) is 4.39 Å². The summed E-state index contributed by atoms with van der Waals surface area (Å²) in [5.74, 6) is 0.868. The second-order valence-electron chi connectivity index (χ2n) is 6.01. The van der Waals surface area contributed by atoms with Crippen molar-refractivity contribution in [2.24, 2.45) is 0 Å². The maximum atomic E-state index is 14.4. The summed E-state index contributed by atoms with van der Waals surface area (Å²) in [6, 6.07) is 4.03. The average Bonchev–Trinajstić information content (AvgIpc) is 3.28. The summed E-state index contributed by atoms with van der Waals surface area (Å²) in [5.41, 5.74) is 1.94. The van der Waals surface area contributed by atoms with Crippen LogP contribution in [0, 0.1) is 12.9 Å². The molecule has 0 radical (unpaired) electrons. The molecule has 6 heteroatoms. The number of ether oxygens (including phenoxy) is 1. The molecule has 0 saturated heterocycles. The van der Waals surface area contributed by atoms with Gasteiger partial charge in [-0.05, 0) is 44.7 Å². The van der Waals surface area contributed by atoms with E-state index in [2.05, 4.69) is 15.4 Å². The van der Waals surface area contributed by atoms with Gasteiger partial charge in [-0.3, -0.25) is 0 Å². The molecule has 0 amide bonds. The van der Waals surface area contributed by atoms with Crippen molar-refractivity contribution in [2.45, 2.75) is 45.2 Å². The molecule has 1 saturated carbocycles. The first-order valence-electron chi connectivity index (χ1n) is 7.86. The molecule has 3 heterocycles. The van der Waals surface area contributed by atoms with E-state index in [4.69, 9.17) is 4.74 Å². The summed E-state index contributed by atoms with van der Waals surface area (Å²) in [7, 11) is 0. The Morgan fingerprint density at radius 1 is 1.32 bits per heavy atom. The highest BCUT2D eigenvalue weighted by molar-refractivity contribution is 5.66. The van der Waals surface area contributed by atoms with Crippen LogP contribution in [-0.2, 0) is 6.54 Å². The number of nitrogens with one attached hydrogen (secondary N) is 1. The molecule has 0 atom stereocenters. The third-order valence-electron chi connectivity index (χ3n) is 4.17. The van der Waals surface area contributed by atoms with Gasteiger partial charge >= 0.3 is 0 Å². The van der Waals surface area contributed by atoms with Crippen LogP contribution >= 0.6 is 0 Å². The molecule has 2 aromatic heterocycles. The van der Waals surface area contributed by atoms with E-state index in [1.165, 1.54) is 0 Å². The lowest BCUT2D eigenvalue weighted by atomic mass is 10.1. The normalized spacial score (nSPS) is 17.5. The van der Waals surface area contributed by atoms with Gasteiger partial charge in [0.1, 0.15) is 11.5 Å². The predicted octanol–water partition coefficient (Wildman–Crippen LogP) is 3.14. The number of aryl methyl sites for hydroxylation is 1. The Labute approximate surface area is 128 Å². The number of halogens is 1. The van der Waals surface area contributed by atoms with Gasteiger partial charge in [0.15, 0.2) is 0 Å². The van der Waals surface area contributed by atoms with Gasteiger partial charge in [0.25, 0.3) is 0 Å². The lowest BCUT2D eigenvalue weighted by Crippen LogP contribution is -2.04. The molecule has 2 aromatic rings. The predicted molar refractivity (Wildman–Crippen MR) is 81.5 cm³/mol. The highest BCUT2D eigenvalue weighted by Gasteiger charge is 2.24. The number of pyridine rings is 1. The lowest BCUT2D eigenvalue weighted by Gasteiger charge is -2.06. The van der Waals surface area contributed by atoms with E-state index in [-0.39, 0.29) is 0 Å². The standard InChI is InChI=1S/C16H19FN4O/c1-10-14(20-21-8-2-3-9-22-16(10)21)12-6-7-13(19-15(12)17)18-11-4-5-11/h6-7,11H,2-5,8-9H2,1H3,(H,18,19). The SMILES string of the molecule is Cc1c(-c2ccc(NC3CC3)nc2F)nn2c1OCCCC2. The third-order valence-corrected chi connectivity index (χ3v) is 4.17. The van der Waals surface area contributed by atoms with Crippen LogP contribution < -0.4 is 10.1 Å². The second-order valence-corrected chi connectivity index (χ2v) is 6.01. The van der Waals surface area contributed by atoms with Crippen molar-refractivity contribution < 1.29 is 9.13 Å². The molecular formula is C16H19FN4O. The smallest absolute Gasteiger partial charge is 0.224 e. The second kappa shape index (κ2) is 5.26. The van der Waals surface area contributed by atoms with Crippen molar-refractivity contribution in [1.82, 2.24) is 14.8 Å². The van der Waals surface area contributed by atoms with Crippen LogP contribution in [0.4, 0.5) is 10.2 Å². The van der Waals surface area contributed by atoms with Crippen molar-refractivity contribution >= 4 is 5.82 Å². The molecule has 1 aliphatic carbocycles. The van der Waals surface area contributed by atoms with Gasteiger partial charge < -0.3 is 10.1 Å². The van der Waals surface area contributed by atoms with E-state index in [1.807, 2.05) is 17.7 Å². The Balaban J connectivity index is 1.69. The number of rotatable bonds is 3. The summed E-state index contributed by atoms with van der Waals surface area (Å²) >= 11 is 0. The van der Waals surface area contributed by atoms with Gasteiger partial charge in [0.05, 0.1) is 12.2 Å². The van der Waals surface area contributed by atoms with Gasteiger partial charge in [0.2, 0.25) is 11.8 Å². The van der Waals surface area contributed by atoms with Crippen LogP contribution in [-0.4, -0.2) is 27.4 Å². The molecule has 0 spiro atoms. The number of anilines is 1. The topological polar surface area (TPSA) is 52.0 Å². The first-order chi connectivity index (χ1) is 10.7. The van der Waals surface area contributed by atoms with Gasteiger partial charge in [-0.15, -0.1) is 0 Å². The van der Waals surface area contributed by atoms with Crippen molar-refractivity contribution in [3.63, 3.8) is 0 Å². The van der Waals surface area contributed by atoms with Crippen LogP contribution in [0.15, 0.2) is 12.1 Å². The molecule has 1 fully saturated rings. The summed E-state index contributed by atoms with van der Waals surface area (Å²) in [6.07, 6.45) is 4.32. The molecule has 5 nitrogen and oxygen atoms in total. The van der Waals surface area contributed by atoms with Crippen molar-refractivity contribution in [2.75, 3.05) is 11.9 Å². The Morgan fingerprint density at radius 2 is 2.18 bits per heavy atom. The first kappa shape index (κ1) is 13.5. The van der Waals surface area contributed by atoms with Gasteiger partial charge in [-0.1, -0.05) is 0 Å². The zero-order chi connectivity index (χ0) is 15.1. The Morgan fingerprint density at radius 3 is 2.95 bits per heavy atom. The quantitative estimate of drug-likeness (QED) is 0.885. The molecular weight excluding hydrogens is 283 g/mol. The van der Waals surface area contributed by atoms with Gasteiger partial charge in [0, 0.05) is 18.2 Å². The average molecular weight is 302 g/mol. The molecule has 4 rings (SSSR count). The number of hydrogen-bond acceptors (Lipinski definition) is 4. The minimum absolute atomic E-state index is 0.433. The summed E-state index contributed by atoms with van der Waals surface area (Å²) in [6.45, 7) is 3.43. The fraction of sp³-hybridized carbons (Fsp3) is 0.500. The molecule has 0 bridgehead atoms. The lowest BCUT2D eigenvalue weighted by molar-refractivity contribution is 0.301. The minimum atomic E-state index is -0.484. The number of fused-ring (bicyclic) bond motifs is 1. The molecule has 116 valence electrons. The largest absolute Gasteiger partial charge is 0.478 e. The minimum Gasteiger partial charge on any atom is -0.478 e. The fourth-order valence-electron chi connectivity index (χ4n) is 2.79. The molecule has 22 heavy (non-hydrogen) atoms. The van der Waals surface area contributed by atoms with Crippen LogP contribution in [0.3, 0.4) is 0 Å². The number of aromatic nitrogens is 3. The highest BCUT2D eigenvalue weighted by Crippen LogP contribution is 2.33. The summed E-state index contributed by atoms with van der Waals surface area (Å²) in [5, 5.41) is 7.74. The van der Waals surface area contributed by atoms with Crippen LogP contribution in [0.2, 0.25) is 0 Å². The van der Waals surface area contributed by atoms with E-state index in [0.29, 0.717) is 29.7 Å². The van der Waals surface area contributed by atoms with Crippen LogP contribution in [0.5, 0.6) is 5.88 Å². The molecule has 1 aliphatic heterocycles. The molecule has 2 aliphatic rings. The van der Waals surface area contributed by atoms with E-state index >= 15 is 0 Å². The zero-order valence-electron chi connectivity index (χ0n) is 12.6. The van der Waals surface area contributed by atoms with Crippen molar-refractivity contribution in [3.8, 4) is 17.1 Å². The van der Waals surface area contributed by atoms with Crippen LogP contribution in [0.1, 0.15) is 31.2 Å². The Kier molecular flexibility index (Phi) is 3.24. The van der Waals surface area contributed by atoms with Crippen LogP contribution in [0.25, 0.3) is 11.3 Å². The Bertz CT molecular complexity index is 708. The monoisotopic (exact) mass is 302 g/mol. The van der Waals surface area contributed by atoms with Crippen molar-refractivity contribution in [3.05, 3.63) is 23.6 Å². The zero-order valence-corrected chi connectivity index (χ0v) is 12.6. The van der Waals surface area contributed by atoms with Gasteiger partial charge in [-0.2, -0.15) is 9.49 Å². The molecule has 0 aromatic carbocycles. The summed E-state index contributed by atoms with van der Waals surface area (Å²) < 4.78 is 22.0. The fourth-order valence-corrected chi connectivity index (χ4v) is 2.79. The van der Waals surface area contributed by atoms with Gasteiger partial charge in [-0.25, -0.2) is 9.67 Å². The summed E-state index contributed by atoms with van der Waals surface area (Å²) in [4.78, 5) is 4.03. The molecule has 0 unspecified atom stereocenters. The Hall–Kier alpha value is -2.11. The maximum Gasteiger partial charge on any atom is 0.224 e. The number of nitrogens with zero attached hydrogens (tertiary/aromatic N) is 3. The highest BCUT2D eigenvalue weighted by atomic mass is 19.1. The van der Waals surface area contributed by atoms with Crippen molar-refractivity contribution in [1.29, 1.82) is 0 Å². The first-order valence-corrected chi connectivity index (χ1v) is 7.86. The van der Waals surface area contributed by atoms with E-state index < -0.39 is 5.95 Å². The maximum absolute atomic E-state index is 14.4. The molecule has 1 N–H and O–H groups in total. The number of hydrogen-bond donors (Lipinski definition) is 1.